The molecule has 0 N–H and O–H groups in total. The van der Waals surface area contributed by atoms with Crippen LogP contribution >= 0.6 is 0 Å². The van der Waals surface area contributed by atoms with Crippen LogP contribution in [0.3, 0.4) is 0 Å². The zero-order valence-corrected chi connectivity index (χ0v) is 19.1. The molecule has 4 rings (SSSR count). The lowest BCUT2D eigenvalue weighted by Crippen LogP contribution is -2.17. The lowest BCUT2D eigenvalue weighted by Gasteiger charge is -2.18. The van der Waals surface area contributed by atoms with E-state index in [-0.39, 0.29) is 0 Å². The van der Waals surface area contributed by atoms with Crippen molar-refractivity contribution in [3.8, 4) is 0 Å². The molecule has 0 fully saturated rings. The van der Waals surface area contributed by atoms with Crippen LogP contribution in [0, 0.1) is 0 Å². The van der Waals surface area contributed by atoms with E-state index in [2.05, 4.69) is 90.1 Å². The third-order valence-electron chi connectivity index (χ3n) is 5.21. The first kappa shape index (κ1) is 22.7. The van der Waals surface area contributed by atoms with Gasteiger partial charge in [-0.15, -0.1) is 0 Å². The van der Waals surface area contributed by atoms with Gasteiger partial charge >= 0.3 is 0 Å². The largest absolute Gasteiger partial charge is 0.345 e. The van der Waals surface area contributed by atoms with Gasteiger partial charge in [-0.1, -0.05) is 70.2 Å². The summed E-state index contributed by atoms with van der Waals surface area (Å²) in [6.45, 7) is 14.5. The van der Waals surface area contributed by atoms with Crippen LogP contribution in [-0.4, -0.2) is 23.4 Å². The van der Waals surface area contributed by atoms with E-state index in [0.717, 1.165) is 25.9 Å². The summed E-state index contributed by atoms with van der Waals surface area (Å²) in [6, 6.07) is 17.5. The Hall–Kier alpha value is -2.61. The highest BCUT2D eigenvalue weighted by atomic mass is 15.2. The van der Waals surface area contributed by atoms with Crippen molar-refractivity contribution in [2.75, 3.05) is 18.0 Å². The van der Waals surface area contributed by atoms with Gasteiger partial charge in [0, 0.05) is 42.1 Å². The number of nitrogens with zero attached hydrogens (tertiary/aromatic N) is 2. The van der Waals surface area contributed by atoms with Gasteiger partial charge in [0.1, 0.15) is 6.54 Å². The van der Waals surface area contributed by atoms with Gasteiger partial charge in [-0.2, -0.15) is 4.58 Å². The average molecular weight is 390 g/mol. The predicted molar refractivity (Wildman–Crippen MR) is 129 cm³/mol. The van der Waals surface area contributed by atoms with Gasteiger partial charge < -0.3 is 4.90 Å². The maximum Gasteiger partial charge on any atom is 0.209 e. The molecule has 0 aliphatic carbocycles. The highest BCUT2D eigenvalue weighted by Gasteiger charge is 2.26. The summed E-state index contributed by atoms with van der Waals surface area (Å²) in [7, 11) is 0. The van der Waals surface area contributed by atoms with Crippen LogP contribution in [0.15, 0.2) is 72.5 Å². The first-order valence-electron chi connectivity index (χ1n) is 11.3. The van der Waals surface area contributed by atoms with Gasteiger partial charge in [0.15, 0.2) is 5.71 Å². The minimum Gasteiger partial charge on any atom is -0.345 e. The Morgan fingerprint density at radius 1 is 0.862 bits per heavy atom. The van der Waals surface area contributed by atoms with Gasteiger partial charge in [-0.05, 0) is 31.6 Å². The van der Waals surface area contributed by atoms with Gasteiger partial charge in [0.05, 0.1) is 6.42 Å². The van der Waals surface area contributed by atoms with Gasteiger partial charge in [-0.3, -0.25) is 0 Å². The lowest BCUT2D eigenvalue weighted by molar-refractivity contribution is -0.432. The second kappa shape index (κ2) is 11.4. The quantitative estimate of drug-likeness (QED) is 0.514. The first-order valence-corrected chi connectivity index (χ1v) is 11.3. The van der Waals surface area contributed by atoms with Gasteiger partial charge in [0.25, 0.3) is 0 Å². The number of para-hydroxylation sites is 2. The number of hydrogen-bond donors (Lipinski definition) is 0. The highest BCUT2D eigenvalue weighted by molar-refractivity contribution is 5.96. The van der Waals surface area contributed by atoms with Crippen LogP contribution in [0.25, 0.3) is 0 Å². The molecule has 0 bridgehead atoms. The monoisotopic (exact) mass is 389 g/mol. The van der Waals surface area contributed by atoms with Crippen LogP contribution < -0.4 is 4.90 Å². The number of hydrogen-bond acceptors (Lipinski definition) is 1. The molecule has 2 aromatic carbocycles. The molecule has 2 heterocycles. The van der Waals surface area contributed by atoms with E-state index in [1.54, 1.807) is 0 Å². The van der Waals surface area contributed by atoms with Crippen molar-refractivity contribution in [2.45, 2.75) is 54.4 Å². The third kappa shape index (κ3) is 4.87. The fourth-order valence-electron chi connectivity index (χ4n) is 4.05. The normalized spacial score (nSPS) is 15.7. The van der Waals surface area contributed by atoms with E-state index in [0.29, 0.717) is 0 Å². The predicted octanol–water partition coefficient (Wildman–Crippen LogP) is 6.92. The molecule has 0 radical (unpaired) electrons. The first-order chi connectivity index (χ1) is 14.3. The molecule has 2 aliphatic heterocycles. The molecule has 154 valence electrons. The second-order valence-corrected chi connectivity index (χ2v) is 6.61. The van der Waals surface area contributed by atoms with Crippen LogP contribution in [0.5, 0.6) is 0 Å². The Labute approximate surface area is 177 Å². The van der Waals surface area contributed by atoms with Crippen LogP contribution in [-0.2, 0) is 12.8 Å². The van der Waals surface area contributed by atoms with E-state index in [9.17, 15) is 0 Å². The molecule has 0 aromatic heterocycles. The van der Waals surface area contributed by atoms with Crippen molar-refractivity contribution < 1.29 is 4.58 Å². The van der Waals surface area contributed by atoms with Crippen LogP contribution in [0.4, 0.5) is 11.4 Å². The Morgan fingerprint density at radius 3 is 2.21 bits per heavy atom. The number of likely N-dealkylation sites (N-methyl/N-ethyl adjacent to an activating group) is 1. The fourth-order valence-corrected chi connectivity index (χ4v) is 4.05. The number of allylic oxidation sites excluding steroid dienone is 4. The minimum absolute atomic E-state index is 1.01. The van der Waals surface area contributed by atoms with Crippen molar-refractivity contribution >= 4 is 17.1 Å². The molecule has 0 atom stereocenters. The summed E-state index contributed by atoms with van der Waals surface area (Å²) in [4.78, 5) is 2.42. The number of rotatable bonds is 4. The minimum atomic E-state index is 1.01. The molecular formula is C27H37N2+. The van der Waals surface area contributed by atoms with Crippen molar-refractivity contribution in [1.29, 1.82) is 0 Å². The fraction of sp³-hybridized carbons (Fsp3) is 0.370. The summed E-state index contributed by atoms with van der Waals surface area (Å²) in [5.74, 6) is 0. The number of benzene rings is 2. The van der Waals surface area contributed by atoms with Crippen molar-refractivity contribution in [2.24, 2.45) is 0 Å². The molecule has 2 heteroatoms. The van der Waals surface area contributed by atoms with Crippen LogP contribution in [0.1, 0.15) is 52.7 Å². The summed E-state index contributed by atoms with van der Waals surface area (Å²) in [5.41, 5.74) is 8.36. The molecular weight excluding hydrogens is 352 g/mol. The highest BCUT2D eigenvalue weighted by Crippen LogP contribution is 2.34. The second-order valence-electron chi connectivity index (χ2n) is 6.61. The van der Waals surface area contributed by atoms with Gasteiger partial charge in [0.2, 0.25) is 5.69 Å². The summed E-state index contributed by atoms with van der Waals surface area (Å²) >= 11 is 0. The molecule has 0 saturated heterocycles. The maximum atomic E-state index is 2.42. The molecule has 0 amide bonds. The van der Waals surface area contributed by atoms with Crippen molar-refractivity contribution in [3.63, 3.8) is 0 Å². The third-order valence-corrected chi connectivity index (χ3v) is 5.21. The Bertz CT molecular complexity index is 887. The topological polar surface area (TPSA) is 6.25 Å². The summed E-state index contributed by atoms with van der Waals surface area (Å²) < 4.78 is 2.42. The van der Waals surface area contributed by atoms with E-state index in [4.69, 9.17) is 0 Å². The summed E-state index contributed by atoms with van der Waals surface area (Å²) in [5, 5.41) is 0. The Kier molecular flexibility index (Phi) is 8.92. The number of anilines is 1. The van der Waals surface area contributed by atoms with E-state index in [1.165, 1.54) is 33.9 Å². The molecule has 2 nitrogen and oxygen atoms in total. The molecule has 0 unspecified atom stereocenters. The smallest absolute Gasteiger partial charge is 0.209 e. The SMILES string of the molecule is CC.CC.CCN1/C(=C/C=C/C2=[N+](CC)c3ccccc3C2)Cc2ccccc21. The summed E-state index contributed by atoms with van der Waals surface area (Å²) in [6.07, 6.45) is 8.86. The average Bonchev–Trinajstić information content (AvgIpc) is 3.33. The zero-order valence-electron chi connectivity index (χ0n) is 19.1. The van der Waals surface area contributed by atoms with Crippen LogP contribution in [0.2, 0.25) is 0 Å². The van der Waals surface area contributed by atoms with Gasteiger partial charge in [-0.25, -0.2) is 0 Å². The molecule has 2 aliphatic rings. The standard InChI is InChI=1S/C23H25N2.2C2H6/c1-3-24-20(16-18-10-5-7-14-22(18)24)12-9-13-21-17-19-11-6-8-15-23(19)25(21)4-2;2*1-2/h5-15H,3-4,16-17H2,1-2H3;2*1-2H3/q+1;;. The molecule has 29 heavy (non-hydrogen) atoms. The molecule has 2 aromatic rings. The van der Waals surface area contributed by atoms with Crippen molar-refractivity contribution in [1.82, 2.24) is 0 Å². The molecule has 0 spiro atoms. The van der Waals surface area contributed by atoms with E-state index in [1.807, 2.05) is 27.7 Å². The Balaban J connectivity index is 0.000000707. The Morgan fingerprint density at radius 2 is 1.52 bits per heavy atom. The molecule has 0 saturated carbocycles. The van der Waals surface area contributed by atoms with Crippen molar-refractivity contribution in [3.05, 3.63) is 83.6 Å². The number of fused-ring (bicyclic) bond motifs is 2. The zero-order chi connectivity index (χ0) is 21.2. The van der Waals surface area contributed by atoms with E-state index >= 15 is 0 Å². The lowest BCUT2D eigenvalue weighted by atomic mass is 10.1. The maximum absolute atomic E-state index is 2.42. The van der Waals surface area contributed by atoms with E-state index < -0.39 is 0 Å².